The van der Waals surface area contributed by atoms with Gasteiger partial charge in [-0.3, -0.25) is 0 Å². The minimum absolute atomic E-state index is 0.625. The van der Waals surface area contributed by atoms with Gasteiger partial charge in [-0.25, -0.2) is 4.98 Å². The molecule has 174 valence electrons. The smallest absolute Gasteiger partial charge is 0.161 e. The van der Waals surface area contributed by atoms with Crippen molar-refractivity contribution in [2.75, 3.05) is 13.7 Å². The van der Waals surface area contributed by atoms with Gasteiger partial charge in [0.05, 0.1) is 24.8 Å². The third-order valence-corrected chi connectivity index (χ3v) is 5.87. The number of rotatable bonds is 11. The summed E-state index contributed by atoms with van der Waals surface area (Å²) in [5.41, 5.74) is 4.38. The lowest BCUT2D eigenvalue weighted by atomic mass is 10.1. The zero-order chi connectivity index (χ0) is 23.8. The number of hydrogen-bond acceptors (Lipinski definition) is 3. The third kappa shape index (κ3) is 5.89. The van der Waals surface area contributed by atoms with E-state index in [0.29, 0.717) is 6.61 Å². The Labute approximate surface area is 206 Å². The maximum atomic E-state index is 6.01. The van der Waals surface area contributed by atoms with Crippen LogP contribution in [-0.4, -0.2) is 23.3 Å². The van der Waals surface area contributed by atoms with Crippen LogP contribution >= 0.6 is 11.6 Å². The number of para-hydroxylation sites is 2. The van der Waals surface area contributed by atoms with E-state index in [2.05, 4.69) is 47.6 Å². The number of ether oxygens (including phenoxy) is 2. The molecular weight excluding hydrogens is 444 g/mol. The van der Waals surface area contributed by atoms with Crippen LogP contribution in [0.15, 0.2) is 79.4 Å². The summed E-state index contributed by atoms with van der Waals surface area (Å²) in [6.45, 7) is 5.28. The molecular formula is C29H29ClN2O2. The van der Waals surface area contributed by atoms with Gasteiger partial charge in [0.2, 0.25) is 0 Å². The Morgan fingerprint density at radius 3 is 2.59 bits per heavy atom. The van der Waals surface area contributed by atoms with Crippen LogP contribution in [0.25, 0.3) is 23.2 Å². The number of nitrogens with zero attached hydrogens (tertiary/aromatic N) is 2. The Morgan fingerprint density at radius 1 is 0.971 bits per heavy atom. The van der Waals surface area contributed by atoms with Crippen LogP contribution in [-0.2, 0) is 13.0 Å². The van der Waals surface area contributed by atoms with E-state index >= 15 is 0 Å². The summed E-state index contributed by atoms with van der Waals surface area (Å²) in [4.78, 5) is 4.83. The molecule has 4 nitrogen and oxygen atoms in total. The maximum absolute atomic E-state index is 6.01. The number of unbranched alkanes of at least 4 members (excludes halogenated alkanes) is 1. The van der Waals surface area contributed by atoms with E-state index in [4.69, 9.17) is 26.1 Å². The molecule has 3 aromatic carbocycles. The van der Waals surface area contributed by atoms with Crippen LogP contribution in [0.2, 0.25) is 5.02 Å². The zero-order valence-corrected chi connectivity index (χ0v) is 20.2. The molecule has 0 unspecified atom stereocenters. The summed E-state index contributed by atoms with van der Waals surface area (Å²) < 4.78 is 13.8. The number of methoxy groups -OCH3 is 1. The van der Waals surface area contributed by atoms with Crippen molar-refractivity contribution in [3.8, 4) is 11.5 Å². The summed E-state index contributed by atoms with van der Waals surface area (Å²) in [6.07, 6.45) is 8.72. The molecule has 4 rings (SSSR count). The van der Waals surface area contributed by atoms with E-state index in [1.54, 1.807) is 7.11 Å². The van der Waals surface area contributed by atoms with Crippen molar-refractivity contribution in [3.05, 3.63) is 101 Å². The molecule has 0 aliphatic rings. The number of aromatic nitrogens is 2. The highest BCUT2D eigenvalue weighted by Gasteiger charge is 2.09. The van der Waals surface area contributed by atoms with Gasteiger partial charge in [-0.05, 0) is 72.9 Å². The van der Waals surface area contributed by atoms with Gasteiger partial charge in [-0.15, -0.1) is 6.58 Å². The Balaban J connectivity index is 1.40. The summed E-state index contributed by atoms with van der Waals surface area (Å²) >= 11 is 6.00. The van der Waals surface area contributed by atoms with Crippen LogP contribution in [0.1, 0.15) is 29.8 Å². The number of aryl methyl sites for hydroxylation is 1. The molecule has 0 N–H and O–H groups in total. The van der Waals surface area contributed by atoms with Gasteiger partial charge in [0, 0.05) is 11.6 Å². The fourth-order valence-electron chi connectivity index (χ4n) is 3.88. The Kier molecular flexibility index (Phi) is 8.05. The van der Waals surface area contributed by atoms with Gasteiger partial charge in [0.1, 0.15) is 5.82 Å². The molecule has 0 saturated heterocycles. The summed E-state index contributed by atoms with van der Waals surface area (Å²) in [5, 5.41) is 0.733. The second kappa shape index (κ2) is 11.6. The molecule has 0 aliphatic carbocycles. The van der Waals surface area contributed by atoms with Gasteiger partial charge < -0.3 is 14.0 Å². The predicted molar refractivity (Wildman–Crippen MR) is 142 cm³/mol. The number of benzene rings is 3. The molecule has 0 spiro atoms. The van der Waals surface area contributed by atoms with Crippen LogP contribution < -0.4 is 9.47 Å². The highest BCUT2D eigenvalue weighted by molar-refractivity contribution is 6.30. The van der Waals surface area contributed by atoms with Crippen molar-refractivity contribution in [1.29, 1.82) is 0 Å². The topological polar surface area (TPSA) is 36.3 Å². The summed E-state index contributed by atoms with van der Waals surface area (Å²) in [6, 6.07) is 22.1. The molecule has 34 heavy (non-hydrogen) atoms. The van der Waals surface area contributed by atoms with E-state index in [0.717, 1.165) is 70.3 Å². The number of fused-ring (bicyclic) bond motifs is 1. The minimum atomic E-state index is 0.625. The van der Waals surface area contributed by atoms with E-state index in [1.807, 2.05) is 48.5 Å². The zero-order valence-electron chi connectivity index (χ0n) is 19.4. The molecule has 0 radical (unpaired) electrons. The standard InChI is InChI=1S/C29H29ClN2O2/c1-3-8-23-13-17-27(28(21-23)33-2)34-20-7-6-19-32-26-10-5-4-9-25(26)31-29(32)18-14-22-11-15-24(30)16-12-22/h3-5,9-18,21H,1,6-8,19-20H2,2H3/b18-14+. The summed E-state index contributed by atoms with van der Waals surface area (Å²) in [5.74, 6) is 2.47. The SMILES string of the molecule is C=CCc1ccc(OCCCCn2c(/C=C/c3ccc(Cl)cc3)nc3ccccc32)c(OC)c1. The number of allylic oxidation sites excluding steroid dienone is 1. The average Bonchev–Trinajstić information content (AvgIpc) is 3.21. The van der Waals surface area contributed by atoms with E-state index in [-0.39, 0.29) is 0 Å². The first-order chi connectivity index (χ1) is 16.7. The number of halogens is 1. The molecule has 0 saturated carbocycles. The van der Waals surface area contributed by atoms with Crippen molar-refractivity contribution in [3.63, 3.8) is 0 Å². The lowest BCUT2D eigenvalue weighted by Gasteiger charge is -2.12. The van der Waals surface area contributed by atoms with Crippen LogP contribution in [0.5, 0.6) is 11.5 Å². The number of hydrogen-bond donors (Lipinski definition) is 0. The van der Waals surface area contributed by atoms with Crippen LogP contribution in [0, 0.1) is 0 Å². The van der Waals surface area contributed by atoms with E-state index < -0.39 is 0 Å². The number of imidazole rings is 1. The second-order valence-corrected chi connectivity index (χ2v) is 8.47. The molecule has 4 aromatic rings. The van der Waals surface area contributed by atoms with E-state index in [9.17, 15) is 0 Å². The first kappa shape index (κ1) is 23.7. The van der Waals surface area contributed by atoms with Crippen molar-refractivity contribution in [2.24, 2.45) is 0 Å². The quantitative estimate of drug-likeness (QED) is 0.168. The van der Waals surface area contributed by atoms with Gasteiger partial charge >= 0.3 is 0 Å². The Bertz CT molecular complexity index is 1280. The van der Waals surface area contributed by atoms with Crippen LogP contribution in [0.4, 0.5) is 0 Å². The highest BCUT2D eigenvalue weighted by Crippen LogP contribution is 2.28. The van der Waals surface area contributed by atoms with Gasteiger partial charge in [0.15, 0.2) is 11.5 Å². The monoisotopic (exact) mass is 472 g/mol. The third-order valence-electron chi connectivity index (χ3n) is 5.62. The van der Waals surface area contributed by atoms with Crippen LogP contribution in [0.3, 0.4) is 0 Å². The van der Waals surface area contributed by atoms with Crippen molar-refractivity contribution in [2.45, 2.75) is 25.8 Å². The predicted octanol–water partition coefficient (Wildman–Crippen LogP) is 7.46. The first-order valence-corrected chi connectivity index (χ1v) is 11.9. The van der Waals surface area contributed by atoms with Crippen molar-refractivity contribution >= 4 is 34.8 Å². The molecule has 0 atom stereocenters. The normalized spacial score (nSPS) is 11.2. The van der Waals surface area contributed by atoms with Crippen molar-refractivity contribution < 1.29 is 9.47 Å². The highest BCUT2D eigenvalue weighted by atomic mass is 35.5. The molecule has 0 fully saturated rings. The fourth-order valence-corrected chi connectivity index (χ4v) is 4.01. The Hall–Kier alpha value is -3.50. The Morgan fingerprint density at radius 2 is 1.79 bits per heavy atom. The molecule has 0 aliphatic heterocycles. The molecule has 0 amide bonds. The maximum Gasteiger partial charge on any atom is 0.161 e. The fraction of sp³-hybridized carbons (Fsp3) is 0.207. The van der Waals surface area contributed by atoms with Crippen molar-refractivity contribution in [1.82, 2.24) is 9.55 Å². The molecule has 0 bridgehead atoms. The molecule has 5 heteroatoms. The molecule has 1 heterocycles. The lowest BCUT2D eigenvalue weighted by Crippen LogP contribution is -2.04. The first-order valence-electron chi connectivity index (χ1n) is 11.5. The minimum Gasteiger partial charge on any atom is -0.493 e. The van der Waals surface area contributed by atoms with Gasteiger partial charge in [-0.2, -0.15) is 0 Å². The second-order valence-electron chi connectivity index (χ2n) is 8.03. The van der Waals surface area contributed by atoms with E-state index in [1.165, 1.54) is 0 Å². The molecule has 1 aromatic heterocycles. The van der Waals surface area contributed by atoms with Gasteiger partial charge in [-0.1, -0.05) is 54.1 Å². The van der Waals surface area contributed by atoms with Gasteiger partial charge in [0.25, 0.3) is 0 Å². The average molecular weight is 473 g/mol. The lowest BCUT2D eigenvalue weighted by molar-refractivity contribution is 0.284. The summed E-state index contributed by atoms with van der Waals surface area (Å²) in [7, 11) is 1.67. The largest absolute Gasteiger partial charge is 0.493 e.